The molecule has 2 aromatic rings. The molecule has 0 saturated carbocycles. The summed E-state index contributed by atoms with van der Waals surface area (Å²) in [6.45, 7) is 1.44. The number of benzene rings is 2. The fourth-order valence-electron chi connectivity index (χ4n) is 2.48. The molecule has 24 heavy (non-hydrogen) atoms. The van der Waals surface area contributed by atoms with Crippen LogP contribution in [0.4, 0.5) is 5.69 Å². The number of rotatable bonds is 9. The predicted octanol–water partition coefficient (Wildman–Crippen LogP) is 2.60. The van der Waals surface area contributed by atoms with Crippen molar-refractivity contribution in [2.24, 2.45) is 0 Å². The Morgan fingerprint density at radius 3 is 2.54 bits per heavy atom. The summed E-state index contributed by atoms with van der Waals surface area (Å²) in [7, 11) is 1.82. The lowest BCUT2D eigenvalue weighted by molar-refractivity contribution is -0.385. The third-order valence-corrected chi connectivity index (χ3v) is 3.57. The third kappa shape index (κ3) is 5.73. The summed E-state index contributed by atoms with van der Waals surface area (Å²) < 4.78 is 5.51. The second kappa shape index (κ2) is 9.12. The van der Waals surface area contributed by atoms with Gasteiger partial charge in [0.05, 0.1) is 24.2 Å². The normalized spacial score (nSPS) is 12.3. The maximum Gasteiger partial charge on any atom is 0.273 e. The maximum absolute atomic E-state index is 11.0. The van der Waals surface area contributed by atoms with E-state index in [2.05, 4.69) is 0 Å². The number of nitro groups is 1. The summed E-state index contributed by atoms with van der Waals surface area (Å²) in [6, 6.07) is 16.4. The Bertz CT molecular complexity index is 648. The first-order valence-electron chi connectivity index (χ1n) is 7.77. The van der Waals surface area contributed by atoms with Gasteiger partial charge >= 0.3 is 0 Å². The van der Waals surface area contributed by atoms with Gasteiger partial charge in [-0.3, -0.25) is 15.0 Å². The number of nitrogens with zero attached hydrogens (tertiary/aromatic N) is 2. The molecule has 0 aliphatic heterocycles. The smallest absolute Gasteiger partial charge is 0.273 e. The van der Waals surface area contributed by atoms with Crippen LogP contribution in [0, 0.1) is 10.1 Å². The van der Waals surface area contributed by atoms with Crippen molar-refractivity contribution in [2.45, 2.75) is 19.3 Å². The molecule has 1 unspecified atom stereocenters. The molecule has 6 nitrogen and oxygen atoms in total. The van der Waals surface area contributed by atoms with E-state index in [0.29, 0.717) is 25.3 Å². The van der Waals surface area contributed by atoms with E-state index in [4.69, 9.17) is 4.74 Å². The first-order chi connectivity index (χ1) is 11.6. The number of hydrogen-bond acceptors (Lipinski definition) is 5. The maximum atomic E-state index is 11.0. The molecule has 0 amide bonds. The van der Waals surface area contributed by atoms with Gasteiger partial charge in [0.1, 0.15) is 0 Å². The molecular weight excluding hydrogens is 308 g/mol. The summed E-state index contributed by atoms with van der Waals surface area (Å²) in [5.41, 5.74) is 1.78. The molecule has 0 aromatic heterocycles. The van der Waals surface area contributed by atoms with Crippen LogP contribution in [0.25, 0.3) is 0 Å². The highest BCUT2D eigenvalue weighted by molar-refractivity contribution is 5.39. The predicted molar refractivity (Wildman–Crippen MR) is 91.5 cm³/mol. The molecule has 0 aliphatic rings. The standard InChI is InChI=1S/C18H22N2O4/c1-19(11-16-9-5-6-10-18(16)20(22)23)12-17(21)14-24-13-15-7-3-2-4-8-15/h2-10,17,21H,11-14H2,1H3. The SMILES string of the molecule is CN(Cc1ccccc1[N+](=O)[O-])CC(O)COCc1ccccc1. The van der Waals surface area contributed by atoms with Gasteiger partial charge in [0.15, 0.2) is 0 Å². The van der Waals surface area contributed by atoms with E-state index >= 15 is 0 Å². The Kier molecular flexibility index (Phi) is 6.87. The highest BCUT2D eigenvalue weighted by atomic mass is 16.6. The van der Waals surface area contributed by atoms with Crippen LogP contribution in [0.15, 0.2) is 54.6 Å². The van der Waals surface area contributed by atoms with E-state index in [1.807, 2.05) is 42.3 Å². The number of aliphatic hydroxyl groups excluding tert-OH is 1. The quantitative estimate of drug-likeness (QED) is 0.565. The molecule has 0 heterocycles. The van der Waals surface area contributed by atoms with Gasteiger partial charge < -0.3 is 9.84 Å². The van der Waals surface area contributed by atoms with E-state index in [1.165, 1.54) is 6.07 Å². The van der Waals surface area contributed by atoms with Crippen LogP contribution in [0.1, 0.15) is 11.1 Å². The van der Waals surface area contributed by atoms with Crippen molar-refractivity contribution >= 4 is 5.69 Å². The van der Waals surface area contributed by atoms with Crippen molar-refractivity contribution in [1.82, 2.24) is 4.90 Å². The van der Waals surface area contributed by atoms with Crippen LogP contribution >= 0.6 is 0 Å². The lowest BCUT2D eigenvalue weighted by Gasteiger charge is -2.20. The van der Waals surface area contributed by atoms with Crippen molar-refractivity contribution in [3.63, 3.8) is 0 Å². The van der Waals surface area contributed by atoms with Gasteiger partial charge in [0.25, 0.3) is 5.69 Å². The van der Waals surface area contributed by atoms with E-state index in [1.54, 1.807) is 18.2 Å². The number of para-hydroxylation sites is 1. The lowest BCUT2D eigenvalue weighted by atomic mass is 10.1. The Morgan fingerprint density at radius 1 is 1.17 bits per heavy atom. The third-order valence-electron chi connectivity index (χ3n) is 3.57. The molecule has 2 aromatic carbocycles. The number of nitro benzene ring substituents is 1. The topological polar surface area (TPSA) is 75.8 Å². The number of ether oxygens (including phenoxy) is 1. The molecule has 0 radical (unpaired) electrons. The van der Waals surface area contributed by atoms with Crippen molar-refractivity contribution < 1.29 is 14.8 Å². The minimum atomic E-state index is -0.651. The Hall–Kier alpha value is -2.28. The van der Waals surface area contributed by atoms with Crippen LogP contribution in [0.5, 0.6) is 0 Å². The van der Waals surface area contributed by atoms with Gasteiger partial charge in [-0.05, 0) is 12.6 Å². The van der Waals surface area contributed by atoms with E-state index in [9.17, 15) is 15.2 Å². The summed E-state index contributed by atoms with van der Waals surface area (Å²) in [6.07, 6.45) is -0.651. The number of hydrogen-bond donors (Lipinski definition) is 1. The zero-order valence-corrected chi connectivity index (χ0v) is 13.7. The Balaban J connectivity index is 1.77. The molecule has 0 spiro atoms. The summed E-state index contributed by atoms with van der Waals surface area (Å²) >= 11 is 0. The monoisotopic (exact) mass is 330 g/mol. The van der Waals surface area contributed by atoms with Gasteiger partial charge in [-0.15, -0.1) is 0 Å². The van der Waals surface area contributed by atoms with Crippen molar-refractivity contribution in [3.05, 3.63) is 75.8 Å². The molecule has 128 valence electrons. The molecule has 6 heteroatoms. The van der Waals surface area contributed by atoms with Crippen molar-refractivity contribution in [3.8, 4) is 0 Å². The summed E-state index contributed by atoms with van der Waals surface area (Å²) in [5, 5.41) is 21.1. The average Bonchev–Trinajstić information content (AvgIpc) is 2.56. The second-order valence-electron chi connectivity index (χ2n) is 5.74. The molecule has 0 saturated heterocycles. The first-order valence-corrected chi connectivity index (χ1v) is 7.77. The zero-order chi connectivity index (χ0) is 17.4. The molecule has 0 fully saturated rings. The minimum absolute atomic E-state index is 0.0965. The molecule has 1 atom stereocenters. The van der Waals surface area contributed by atoms with Gasteiger partial charge in [-0.2, -0.15) is 0 Å². The molecule has 2 rings (SSSR count). The van der Waals surface area contributed by atoms with E-state index in [0.717, 1.165) is 5.56 Å². The zero-order valence-electron chi connectivity index (χ0n) is 13.7. The fourth-order valence-corrected chi connectivity index (χ4v) is 2.48. The lowest BCUT2D eigenvalue weighted by Crippen LogP contribution is -2.32. The highest BCUT2D eigenvalue weighted by Gasteiger charge is 2.15. The van der Waals surface area contributed by atoms with Gasteiger partial charge in [0.2, 0.25) is 0 Å². The van der Waals surface area contributed by atoms with Crippen LogP contribution in [0.3, 0.4) is 0 Å². The van der Waals surface area contributed by atoms with E-state index < -0.39 is 6.10 Å². The fraction of sp³-hybridized carbons (Fsp3) is 0.333. The van der Waals surface area contributed by atoms with Crippen LogP contribution < -0.4 is 0 Å². The van der Waals surface area contributed by atoms with Gasteiger partial charge in [-0.1, -0.05) is 48.5 Å². The highest BCUT2D eigenvalue weighted by Crippen LogP contribution is 2.19. The largest absolute Gasteiger partial charge is 0.389 e. The molecule has 0 bridgehead atoms. The van der Waals surface area contributed by atoms with Gasteiger partial charge in [0, 0.05) is 24.7 Å². The summed E-state index contributed by atoms with van der Waals surface area (Å²) in [4.78, 5) is 12.5. The summed E-state index contributed by atoms with van der Waals surface area (Å²) in [5.74, 6) is 0. The number of aliphatic hydroxyl groups is 1. The van der Waals surface area contributed by atoms with Gasteiger partial charge in [-0.25, -0.2) is 0 Å². The van der Waals surface area contributed by atoms with Crippen molar-refractivity contribution in [2.75, 3.05) is 20.2 Å². The molecular formula is C18H22N2O4. The van der Waals surface area contributed by atoms with Crippen molar-refractivity contribution in [1.29, 1.82) is 0 Å². The van der Waals surface area contributed by atoms with Crippen LogP contribution in [-0.2, 0) is 17.9 Å². The van der Waals surface area contributed by atoms with E-state index in [-0.39, 0.29) is 17.2 Å². The Morgan fingerprint density at radius 2 is 1.83 bits per heavy atom. The average molecular weight is 330 g/mol. The first kappa shape index (κ1) is 18.1. The molecule has 1 N–H and O–H groups in total. The Labute approximate surface area is 141 Å². The minimum Gasteiger partial charge on any atom is -0.389 e. The van der Waals surface area contributed by atoms with Crippen LogP contribution in [-0.4, -0.2) is 41.2 Å². The van der Waals surface area contributed by atoms with Crippen LogP contribution in [0.2, 0.25) is 0 Å². The number of likely N-dealkylation sites (N-methyl/N-ethyl adjacent to an activating group) is 1. The second-order valence-corrected chi connectivity index (χ2v) is 5.74. The molecule has 0 aliphatic carbocycles.